The molecule has 0 unspecified atom stereocenters. The van der Waals surface area contributed by atoms with Crippen molar-refractivity contribution in [1.82, 2.24) is 5.32 Å². The monoisotopic (exact) mass is 275 g/mol. The highest BCUT2D eigenvalue weighted by atomic mass is 32.2. The fourth-order valence-corrected chi connectivity index (χ4v) is 2.25. The zero-order valence-electron chi connectivity index (χ0n) is 11.6. The van der Waals surface area contributed by atoms with E-state index in [0.717, 1.165) is 11.5 Å². The van der Waals surface area contributed by atoms with E-state index in [1.165, 1.54) is 12.8 Å². The van der Waals surface area contributed by atoms with Gasteiger partial charge in [-0.25, -0.2) is 0 Å². The van der Waals surface area contributed by atoms with Gasteiger partial charge < -0.3 is 10.4 Å². The van der Waals surface area contributed by atoms with E-state index in [2.05, 4.69) is 12.2 Å². The van der Waals surface area contributed by atoms with Gasteiger partial charge in [-0.1, -0.05) is 13.3 Å². The Labute approximate surface area is 114 Å². The van der Waals surface area contributed by atoms with Crippen LogP contribution in [-0.4, -0.2) is 35.0 Å². The molecule has 0 aromatic heterocycles. The van der Waals surface area contributed by atoms with Crippen molar-refractivity contribution < 1.29 is 14.7 Å². The highest BCUT2D eigenvalue weighted by Gasteiger charge is 2.26. The number of amides is 1. The van der Waals surface area contributed by atoms with Crippen LogP contribution in [0.5, 0.6) is 0 Å². The maximum atomic E-state index is 11.5. The van der Waals surface area contributed by atoms with Crippen molar-refractivity contribution in [3.63, 3.8) is 0 Å². The first kappa shape index (κ1) is 17.3. The van der Waals surface area contributed by atoms with Crippen LogP contribution in [0.2, 0.25) is 0 Å². The molecule has 0 aliphatic carbocycles. The molecule has 0 spiro atoms. The zero-order valence-corrected chi connectivity index (χ0v) is 12.4. The van der Waals surface area contributed by atoms with E-state index in [-0.39, 0.29) is 5.91 Å². The molecule has 0 radical (unpaired) electrons. The van der Waals surface area contributed by atoms with E-state index >= 15 is 0 Å². The van der Waals surface area contributed by atoms with Gasteiger partial charge in [0.15, 0.2) is 0 Å². The smallest absolute Gasteiger partial charge is 0.309 e. The van der Waals surface area contributed by atoms with Crippen LogP contribution in [-0.2, 0) is 9.59 Å². The van der Waals surface area contributed by atoms with E-state index in [1.54, 1.807) is 25.6 Å². The second kappa shape index (κ2) is 9.25. The van der Waals surface area contributed by atoms with E-state index in [9.17, 15) is 9.59 Å². The molecule has 0 rings (SSSR count). The van der Waals surface area contributed by atoms with E-state index in [4.69, 9.17) is 5.11 Å². The SMILES string of the molecule is CCCCSCCC(=O)NCCC(C)(C)C(=O)O. The normalized spacial score (nSPS) is 11.3. The zero-order chi connectivity index (χ0) is 14.0. The molecule has 0 bridgehead atoms. The van der Waals surface area contributed by atoms with E-state index < -0.39 is 11.4 Å². The minimum absolute atomic E-state index is 0.0141. The maximum absolute atomic E-state index is 11.5. The highest BCUT2D eigenvalue weighted by Crippen LogP contribution is 2.19. The van der Waals surface area contributed by atoms with Crippen molar-refractivity contribution in [2.24, 2.45) is 5.41 Å². The standard InChI is InChI=1S/C13H25NO3S/c1-4-5-9-18-10-6-11(15)14-8-7-13(2,3)12(16)17/h4-10H2,1-3H3,(H,14,15)(H,16,17). The summed E-state index contributed by atoms with van der Waals surface area (Å²) >= 11 is 1.80. The first-order valence-electron chi connectivity index (χ1n) is 6.48. The third-order valence-corrected chi connectivity index (χ3v) is 3.84. The van der Waals surface area contributed by atoms with Crippen LogP contribution in [0.15, 0.2) is 0 Å². The molecule has 0 atom stereocenters. The molecule has 0 saturated heterocycles. The summed E-state index contributed by atoms with van der Waals surface area (Å²) in [5.74, 6) is 1.14. The Hall–Kier alpha value is -0.710. The van der Waals surface area contributed by atoms with Crippen molar-refractivity contribution >= 4 is 23.6 Å². The van der Waals surface area contributed by atoms with Crippen molar-refractivity contribution in [3.05, 3.63) is 0 Å². The predicted molar refractivity (Wildman–Crippen MR) is 75.9 cm³/mol. The average Bonchev–Trinajstić information content (AvgIpc) is 2.28. The molecule has 4 nitrogen and oxygen atoms in total. The first-order valence-corrected chi connectivity index (χ1v) is 7.63. The Morgan fingerprint density at radius 1 is 1.28 bits per heavy atom. The summed E-state index contributed by atoms with van der Waals surface area (Å²) < 4.78 is 0. The number of nitrogens with one attached hydrogen (secondary N) is 1. The molecule has 106 valence electrons. The number of carbonyl (C=O) groups is 2. The lowest BCUT2D eigenvalue weighted by Crippen LogP contribution is -2.32. The number of aliphatic carboxylic acids is 1. The molecule has 0 saturated carbocycles. The van der Waals surface area contributed by atoms with Crippen LogP contribution in [0.4, 0.5) is 0 Å². The topological polar surface area (TPSA) is 66.4 Å². The summed E-state index contributed by atoms with van der Waals surface area (Å²) in [6.07, 6.45) is 3.35. The van der Waals surface area contributed by atoms with Gasteiger partial charge in [0.2, 0.25) is 5.91 Å². The Kier molecular flexibility index (Phi) is 8.89. The molecule has 0 aromatic rings. The van der Waals surface area contributed by atoms with Crippen molar-refractivity contribution in [1.29, 1.82) is 0 Å². The number of hydrogen-bond donors (Lipinski definition) is 2. The van der Waals surface area contributed by atoms with Crippen LogP contribution in [0, 0.1) is 5.41 Å². The van der Waals surface area contributed by atoms with Gasteiger partial charge in [-0.3, -0.25) is 9.59 Å². The van der Waals surface area contributed by atoms with Gasteiger partial charge in [0, 0.05) is 18.7 Å². The minimum atomic E-state index is -0.827. The van der Waals surface area contributed by atoms with Gasteiger partial charge in [-0.15, -0.1) is 0 Å². The van der Waals surface area contributed by atoms with Crippen molar-refractivity contribution in [2.45, 2.75) is 46.5 Å². The second-order valence-electron chi connectivity index (χ2n) is 5.00. The Balaban J connectivity index is 3.57. The van der Waals surface area contributed by atoms with Gasteiger partial charge in [0.05, 0.1) is 5.41 Å². The number of thioether (sulfide) groups is 1. The molecule has 18 heavy (non-hydrogen) atoms. The summed E-state index contributed by atoms with van der Waals surface area (Å²) in [6, 6.07) is 0. The first-order chi connectivity index (χ1) is 8.40. The van der Waals surface area contributed by atoms with Gasteiger partial charge in [0.25, 0.3) is 0 Å². The Bertz CT molecular complexity index is 267. The molecule has 0 heterocycles. The van der Waals surface area contributed by atoms with Crippen LogP contribution >= 0.6 is 11.8 Å². The third kappa shape index (κ3) is 8.39. The lowest BCUT2D eigenvalue weighted by atomic mass is 9.90. The minimum Gasteiger partial charge on any atom is -0.481 e. The summed E-state index contributed by atoms with van der Waals surface area (Å²) in [5, 5.41) is 11.7. The van der Waals surface area contributed by atoms with Crippen LogP contribution in [0.25, 0.3) is 0 Å². The van der Waals surface area contributed by atoms with Crippen molar-refractivity contribution in [3.8, 4) is 0 Å². The number of carboxylic acid groups (broad SMARTS) is 1. The number of unbranched alkanes of at least 4 members (excludes halogenated alkanes) is 1. The third-order valence-electron chi connectivity index (χ3n) is 2.77. The number of hydrogen-bond acceptors (Lipinski definition) is 3. The number of carboxylic acids is 1. The molecule has 0 aromatic carbocycles. The van der Waals surface area contributed by atoms with Crippen molar-refractivity contribution in [2.75, 3.05) is 18.1 Å². The maximum Gasteiger partial charge on any atom is 0.309 e. The Morgan fingerprint density at radius 2 is 1.94 bits per heavy atom. The molecule has 1 amide bonds. The van der Waals surface area contributed by atoms with E-state index in [1.807, 2.05) is 0 Å². The largest absolute Gasteiger partial charge is 0.481 e. The van der Waals surface area contributed by atoms with Crippen LogP contribution < -0.4 is 5.32 Å². The van der Waals surface area contributed by atoms with Gasteiger partial charge >= 0.3 is 5.97 Å². The molecule has 0 fully saturated rings. The van der Waals surface area contributed by atoms with Gasteiger partial charge in [0.1, 0.15) is 0 Å². The fourth-order valence-electron chi connectivity index (χ4n) is 1.22. The Morgan fingerprint density at radius 3 is 2.50 bits per heavy atom. The summed E-state index contributed by atoms with van der Waals surface area (Å²) in [6.45, 7) is 5.92. The van der Waals surface area contributed by atoms with Crippen LogP contribution in [0.3, 0.4) is 0 Å². The lowest BCUT2D eigenvalue weighted by Gasteiger charge is -2.18. The summed E-state index contributed by atoms with van der Waals surface area (Å²) in [4.78, 5) is 22.3. The quantitative estimate of drug-likeness (QED) is 0.601. The second-order valence-corrected chi connectivity index (χ2v) is 6.23. The summed E-state index contributed by atoms with van der Waals surface area (Å²) in [7, 11) is 0. The van der Waals surface area contributed by atoms with Crippen LogP contribution in [0.1, 0.15) is 46.5 Å². The molecular formula is C13H25NO3S. The van der Waals surface area contributed by atoms with Gasteiger partial charge in [-0.05, 0) is 32.4 Å². The lowest BCUT2D eigenvalue weighted by molar-refractivity contribution is -0.147. The summed E-state index contributed by atoms with van der Waals surface area (Å²) in [5.41, 5.74) is -0.775. The number of rotatable bonds is 10. The average molecular weight is 275 g/mol. The molecule has 0 aliphatic rings. The molecular weight excluding hydrogens is 250 g/mol. The van der Waals surface area contributed by atoms with Gasteiger partial charge in [-0.2, -0.15) is 11.8 Å². The molecule has 2 N–H and O–H groups in total. The molecule has 5 heteroatoms. The highest BCUT2D eigenvalue weighted by molar-refractivity contribution is 7.99. The predicted octanol–water partition coefficient (Wildman–Crippen LogP) is 2.53. The fraction of sp³-hybridized carbons (Fsp3) is 0.846. The molecule has 0 aliphatic heterocycles. The number of carbonyl (C=O) groups excluding carboxylic acids is 1. The van der Waals surface area contributed by atoms with E-state index in [0.29, 0.717) is 19.4 Å².